The molecule has 5 rings (SSSR count). The van der Waals surface area contributed by atoms with Gasteiger partial charge >= 0.3 is 0 Å². The molecule has 1 fully saturated rings. The summed E-state index contributed by atoms with van der Waals surface area (Å²) in [5, 5.41) is 4.49. The Morgan fingerprint density at radius 3 is 2.76 bits per heavy atom. The average Bonchev–Trinajstić information content (AvgIpc) is 3.51. The number of nitrogens with one attached hydrogen (secondary N) is 1. The zero-order valence-electron chi connectivity index (χ0n) is 23.8. The third-order valence-electron chi connectivity index (χ3n) is 7.24. The van der Waals surface area contributed by atoms with Gasteiger partial charge in [0.1, 0.15) is 11.5 Å². The first-order valence-corrected chi connectivity index (χ1v) is 14.1. The van der Waals surface area contributed by atoms with Gasteiger partial charge in [-0.1, -0.05) is 13.0 Å². The number of hydrogen-bond acceptors (Lipinski definition) is 8. The minimum Gasteiger partial charge on any atom is -0.493 e. The monoisotopic (exact) mass is 574 g/mol. The van der Waals surface area contributed by atoms with Crippen LogP contribution in [0.1, 0.15) is 37.5 Å². The van der Waals surface area contributed by atoms with Crippen molar-refractivity contribution in [2.24, 2.45) is 11.0 Å². The van der Waals surface area contributed by atoms with Crippen LogP contribution >= 0.6 is 0 Å². The lowest BCUT2D eigenvalue weighted by molar-refractivity contribution is -0.120. The normalized spacial score (nSPS) is 14.4. The van der Waals surface area contributed by atoms with E-state index in [1.807, 2.05) is 6.07 Å². The number of ether oxygens (including phenoxy) is 3. The molecule has 9 nitrogen and oxygen atoms in total. The van der Waals surface area contributed by atoms with Crippen LogP contribution in [0.3, 0.4) is 0 Å². The Bertz CT molecular complexity index is 1520. The topological polar surface area (TPSA) is 98.4 Å². The standard InChI is InChI=1S/C32H35FN4O5/c1-22-9-13-37(14-10-22)12-4-16-41-31-20-27-25(19-30(31)39-2)28(8-11-34-27)42-29-7-6-23(17-26(29)33)18-32(38)36-35-21-24-5-3-15-40-24/h3,5-8,11,15,17,19-22H,4,9-10,12-14,16,18H2,1-2H3,(H,36,38)/b35-21+. The van der Waals surface area contributed by atoms with Crippen molar-refractivity contribution in [2.75, 3.05) is 33.4 Å². The fourth-order valence-corrected chi connectivity index (χ4v) is 4.86. The Morgan fingerprint density at radius 2 is 2.00 bits per heavy atom. The number of pyridine rings is 1. The molecule has 0 bridgehead atoms. The Kier molecular flexibility index (Phi) is 9.66. The maximum Gasteiger partial charge on any atom is 0.244 e. The number of fused-ring (bicyclic) bond motifs is 1. The van der Waals surface area contributed by atoms with Crippen LogP contribution in [0.4, 0.5) is 4.39 Å². The Balaban J connectivity index is 1.21. The van der Waals surface area contributed by atoms with E-state index in [0.717, 1.165) is 32.0 Å². The van der Waals surface area contributed by atoms with Crippen molar-refractivity contribution in [3.05, 3.63) is 78.1 Å². The summed E-state index contributed by atoms with van der Waals surface area (Å²) in [5.41, 5.74) is 3.51. The summed E-state index contributed by atoms with van der Waals surface area (Å²) >= 11 is 0. The largest absolute Gasteiger partial charge is 0.493 e. The lowest BCUT2D eigenvalue weighted by atomic mass is 9.99. The van der Waals surface area contributed by atoms with Gasteiger partial charge in [-0.2, -0.15) is 5.10 Å². The van der Waals surface area contributed by atoms with Crippen LogP contribution < -0.4 is 19.6 Å². The number of halogens is 1. The summed E-state index contributed by atoms with van der Waals surface area (Å²) in [7, 11) is 1.58. The molecule has 0 aliphatic carbocycles. The highest BCUT2D eigenvalue weighted by Crippen LogP contribution is 2.37. The highest BCUT2D eigenvalue weighted by molar-refractivity contribution is 5.88. The van der Waals surface area contributed by atoms with Crippen molar-refractivity contribution in [2.45, 2.75) is 32.6 Å². The predicted molar refractivity (Wildman–Crippen MR) is 158 cm³/mol. The molecule has 0 radical (unpaired) electrons. The first kappa shape index (κ1) is 29.1. The molecular formula is C32H35FN4O5. The van der Waals surface area contributed by atoms with Gasteiger partial charge in [-0.3, -0.25) is 9.78 Å². The van der Waals surface area contributed by atoms with Crippen molar-refractivity contribution < 1.29 is 27.8 Å². The van der Waals surface area contributed by atoms with Crippen LogP contribution in [0.5, 0.6) is 23.0 Å². The molecule has 42 heavy (non-hydrogen) atoms. The number of methoxy groups -OCH3 is 1. The van der Waals surface area contributed by atoms with Crippen molar-refractivity contribution in [1.82, 2.24) is 15.3 Å². The second-order valence-electron chi connectivity index (χ2n) is 10.4. The highest BCUT2D eigenvalue weighted by atomic mass is 19.1. The fraction of sp³-hybridized carbons (Fsp3) is 0.344. The van der Waals surface area contributed by atoms with Gasteiger partial charge in [-0.15, -0.1) is 0 Å². The summed E-state index contributed by atoms with van der Waals surface area (Å²) in [6.45, 7) is 6.18. The molecule has 1 saturated heterocycles. The van der Waals surface area contributed by atoms with Crippen LogP contribution in [0, 0.1) is 11.7 Å². The van der Waals surface area contributed by atoms with Gasteiger partial charge in [0.25, 0.3) is 0 Å². The third-order valence-corrected chi connectivity index (χ3v) is 7.24. The summed E-state index contributed by atoms with van der Waals surface area (Å²) in [6.07, 6.45) is 7.86. The van der Waals surface area contributed by atoms with Gasteiger partial charge in [0.05, 0.1) is 38.1 Å². The minimum absolute atomic E-state index is 0.0221. The number of hydrogen-bond donors (Lipinski definition) is 1. The second kappa shape index (κ2) is 14.0. The quantitative estimate of drug-likeness (QED) is 0.127. The number of amides is 1. The SMILES string of the molecule is COc1cc2c(Oc3ccc(CC(=O)N/N=C/c4ccco4)cc3F)ccnc2cc1OCCCN1CCC(C)CC1. The number of benzene rings is 2. The first-order chi connectivity index (χ1) is 20.5. The van der Waals surface area contributed by atoms with E-state index >= 15 is 0 Å². The van der Waals surface area contributed by atoms with E-state index in [1.165, 1.54) is 37.5 Å². The van der Waals surface area contributed by atoms with Crippen molar-refractivity contribution in [3.8, 4) is 23.0 Å². The molecule has 0 saturated carbocycles. The molecule has 0 unspecified atom stereocenters. The van der Waals surface area contributed by atoms with Crippen molar-refractivity contribution in [1.29, 1.82) is 0 Å². The molecule has 0 spiro atoms. The third kappa shape index (κ3) is 7.64. The molecule has 0 atom stereocenters. The number of aromatic nitrogens is 1. The number of carbonyl (C=O) groups is 1. The molecule has 1 aliphatic rings. The van der Waals surface area contributed by atoms with E-state index in [4.69, 9.17) is 18.6 Å². The van der Waals surface area contributed by atoms with Crippen molar-refractivity contribution >= 4 is 23.0 Å². The van der Waals surface area contributed by atoms with Crippen LogP contribution in [0.25, 0.3) is 10.9 Å². The Hall–Kier alpha value is -4.44. The van der Waals surface area contributed by atoms with Gasteiger partial charge in [0, 0.05) is 24.2 Å². The van der Waals surface area contributed by atoms with E-state index in [0.29, 0.717) is 46.1 Å². The van der Waals surface area contributed by atoms with E-state index in [2.05, 4.69) is 27.3 Å². The number of rotatable bonds is 12. The van der Waals surface area contributed by atoms with E-state index in [9.17, 15) is 9.18 Å². The van der Waals surface area contributed by atoms with E-state index in [1.54, 1.807) is 43.6 Å². The van der Waals surface area contributed by atoms with Crippen LogP contribution in [-0.2, 0) is 11.2 Å². The number of nitrogens with zero attached hydrogens (tertiary/aromatic N) is 3. The van der Waals surface area contributed by atoms with Crippen LogP contribution in [-0.4, -0.2) is 55.4 Å². The molecule has 1 aliphatic heterocycles. The summed E-state index contributed by atoms with van der Waals surface area (Å²) in [4.78, 5) is 19.1. The maximum absolute atomic E-state index is 15.0. The van der Waals surface area contributed by atoms with Crippen molar-refractivity contribution in [3.63, 3.8) is 0 Å². The maximum atomic E-state index is 15.0. The summed E-state index contributed by atoms with van der Waals surface area (Å²) < 4.78 is 37.7. The zero-order chi connectivity index (χ0) is 29.3. The smallest absolute Gasteiger partial charge is 0.244 e. The van der Waals surface area contributed by atoms with Crippen LogP contribution in [0.15, 0.2) is 70.5 Å². The Morgan fingerprint density at radius 1 is 1.14 bits per heavy atom. The Labute approximate surface area is 244 Å². The van der Waals surface area contributed by atoms with E-state index in [-0.39, 0.29) is 12.2 Å². The zero-order valence-corrected chi connectivity index (χ0v) is 23.8. The first-order valence-electron chi connectivity index (χ1n) is 14.1. The lowest BCUT2D eigenvalue weighted by Crippen LogP contribution is -2.34. The molecule has 220 valence electrons. The fourth-order valence-electron chi connectivity index (χ4n) is 4.86. The second-order valence-corrected chi connectivity index (χ2v) is 10.4. The molecule has 3 heterocycles. The molecule has 1 N–H and O–H groups in total. The molecule has 2 aromatic heterocycles. The average molecular weight is 575 g/mol. The van der Waals surface area contributed by atoms with Gasteiger partial charge < -0.3 is 23.5 Å². The number of hydrazone groups is 1. The molecule has 1 amide bonds. The summed E-state index contributed by atoms with van der Waals surface area (Å²) in [6, 6.07) is 13.1. The molecular weight excluding hydrogens is 539 g/mol. The van der Waals surface area contributed by atoms with Gasteiger partial charge in [-0.05, 0) is 80.2 Å². The highest BCUT2D eigenvalue weighted by Gasteiger charge is 2.17. The predicted octanol–water partition coefficient (Wildman–Crippen LogP) is 5.96. The molecule has 10 heteroatoms. The summed E-state index contributed by atoms with van der Waals surface area (Å²) in [5.74, 6) is 1.92. The van der Waals surface area contributed by atoms with Gasteiger partial charge in [0.15, 0.2) is 23.1 Å². The van der Waals surface area contributed by atoms with Gasteiger partial charge in [0.2, 0.25) is 5.91 Å². The number of furan rings is 1. The minimum atomic E-state index is -0.598. The van der Waals surface area contributed by atoms with E-state index < -0.39 is 11.7 Å². The number of carbonyl (C=O) groups excluding carboxylic acids is 1. The lowest BCUT2D eigenvalue weighted by Gasteiger charge is -2.30. The number of likely N-dealkylation sites (tertiary alicyclic amines) is 1. The number of piperidine rings is 1. The van der Waals surface area contributed by atoms with Crippen LogP contribution in [0.2, 0.25) is 0 Å². The molecule has 4 aromatic rings. The molecule has 2 aromatic carbocycles. The van der Waals surface area contributed by atoms with Gasteiger partial charge in [-0.25, -0.2) is 9.82 Å².